The SMILES string of the molecule is COc1ccc(OC[C@@H]2CNCCO2)cc1.Cl. The quantitative estimate of drug-likeness (QED) is 0.889. The molecule has 0 amide bonds. The number of hydrogen-bond acceptors (Lipinski definition) is 4. The Morgan fingerprint density at radius 1 is 1.29 bits per heavy atom. The van der Waals surface area contributed by atoms with Gasteiger partial charge in [0.15, 0.2) is 0 Å². The zero-order valence-corrected chi connectivity index (χ0v) is 10.7. The molecular formula is C12H18ClNO3. The number of nitrogens with one attached hydrogen (secondary N) is 1. The summed E-state index contributed by atoms with van der Waals surface area (Å²) in [5, 5.41) is 3.26. The first-order chi connectivity index (χ1) is 7.88. The maximum atomic E-state index is 5.62. The fraction of sp³-hybridized carbons (Fsp3) is 0.500. The second-order valence-corrected chi connectivity index (χ2v) is 3.68. The average molecular weight is 260 g/mol. The normalized spacial score (nSPS) is 19.2. The lowest BCUT2D eigenvalue weighted by atomic mass is 10.3. The van der Waals surface area contributed by atoms with Crippen molar-refractivity contribution >= 4 is 12.4 Å². The van der Waals surface area contributed by atoms with Gasteiger partial charge in [-0.2, -0.15) is 0 Å². The summed E-state index contributed by atoms with van der Waals surface area (Å²) in [6.07, 6.45) is 0.149. The molecular weight excluding hydrogens is 242 g/mol. The molecule has 1 aromatic rings. The number of ether oxygens (including phenoxy) is 3. The molecule has 0 aromatic heterocycles. The highest BCUT2D eigenvalue weighted by molar-refractivity contribution is 5.85. The number of benzene rings is 1. The summed E-state index contributed by atoms with van der Waals surface area (Å²) in [5.41, 5.74) is 0. The molecule has 0 aliphatic carbocycles. The van der Waals surface area contributed by atoms with Crippen LogP contribution in [0.25, 0.3) is 0 Å². The van der Waals surface area contributed by atoms with E-state index in [0.717, 1.165) is 31.2 Å². The molecule has 1 aliphatic rings. The molecule has 0 spiro atoms. The second-order valence-electron chi connectivity index (χ2n) is 3.68. The number of halogens is 1. The maximum absolute atomic E-state index is 5.62. The minimum absolute atomic E-state index is 0. The third-order valence-electron chi connectivity index (χ3n) is 2.50. The van der Waals surface area contributed by atoms with E-state index in [9.17, 15) is 0 Å². The third kappa shape index (κ3) is 4.42. The summed E-state index contributed by atoms with van der Waals surface area (Å²) in [7, 11) is 1.65. The predicted molar refractivity (Wildman–Crippen MR) is 68.3 cm³/mol. The van der Waals surface area contributed by atoms with E-state index >= 15 is 0 Å². The molecule has 96 valence electrons. The van der Waals surface area contributed by atoms with E-state index < -0.39 is 0 Å². The van der Waals surface area contributed by atoms with Crippen molar-refractivity contribution in [3.63, 3.8) is 0 Å². The van der Waals surface area contributed by atoms with Crippen molar-refractivity contribution in [2.45, 2.75) is 6.10 Å². The van der Waals surface area contributed by atoms with Gasteiger partial charge in [0, 0.05) is 13.1 Å². The molecule has 1 fully saturated rings. The van der Waals surface area contributed by atoms with E-state index in [1.54, 1.807) is 7.11 Å². The lowest BCUT2D eigenvalue weighted by Gasteiger charge is -2.23. The molecule has 5 heteroatoms. The number of rotatable bonds is 4. The minimum Gasteiger partial charge on any atom is -0.497 e. The molecule has 1 atom stereocenters. The standard InChI is InChI=1S/C12H17NO3.ClH/c1-14-10-2-4-11(5-3-10)16-9-12-8-13-6-7-15-12;/h2-5,12-13H,6-9H2,1H3;1H/t12-;/m0./s1. The highest BCUT2D eigenvalue weighted by atomic mass is 35.5. The van der Waals surface area contributed by atoms with Crippen molar-refractivity contribution < 1.29 is 14.2 Å². The first-order valence-corrected chi connectivity index (χ1v) is 5.47. The van der Waals surface area contributed by atoms with Crippen molar-refractivity contribution in [1.29, 1.82) is 0 Å². The third-order valence-corrected chi connectivity index (χ3v) is 2.50. The van der Waals surface area contributed by atoms with Gasteiger partial charge in [0.25, 0.3) is 0 Å². The van der Waals surface area contributed by atoms with Crippen molar-refractivity contribution in [3.05, 3.63) is 24.3 Å². The Kier molecular flexibility index (Phi) is 6.11. The van der Waals surface area contributed by atoms with Crippen LogP contribution in [0.2, 0.25) is 0 Å². The minimum atomic E-state index is 0. The highest BCUT2D eigenvalue weighted by Gasteiger charge is 2.13. The Hall–Kier alpha value is -0.970. The first-order valence-electron chi connectivity index (χ1n) is 5.47. The molecule has 1 aromatic carbocycles. The van der Waals surface area contributed by atoms with Crippen LogP contribution in [-0.2, 0) is 4.74 Å². The molecule has 1 aliphatic heterocycles. The molecule has 4 nitrogen and oxygen atoms in total. The van der Waals surface area contributed by atoms with Crippen LogP contribution in [-0.4, -0.2) is 39.5 Å². The van der Waals surface area contributed by atoms with Crippen molar-refractivity contribution in [2.24, 2.45) is 0 Å². The molecule has 1 heterocycles. The zero-order valence-electron chi connectivity index (χ0n) is 9.85. The van der Waals surface area contributed by atoms with E-state index in [-0.39, 0.29) is 18.5 Å². The molecule has 0 saturated carbocycles. The number of hydrogen-bond donors (Lipinski definition) is 1. The monoisotopic (exact) mass is 259 g/mol. The predicted octanol–water partition coefficient (Wildman–Crippen LogP) is 1.48. The Morgan fingerprint density at radius 3 is 2.59 bits per heavy atom. The van der Waals surface area contributed by atoms with Crippen molar-refractivity contribution in [2.75, 3.05) is 33.4 Å². The van der Waals surface area contributed by atoms with Crippen LogP contribution >= 0.6 is 12.4 Å². The van der Waals surface area contributed by atoms with Gasteiger partial charge in [-0.1, -0.05) is 0 Å². The topological polar surface area (TPSA) is 39.7 Å². The number of morpholine rings is 1. The van der Waals surface area contributed by atoms with E-state index in [0.29, 0.717) is 6.61 Å². The van der Waals surface area contributed by atoms with E-state index in [2.05, 4.69) is 5.32 Å². The molecule has 2 rings (SSSR count). The highest BCUT2D eigenvalue weighted by Crippen LogP contribution is 2.17. The Labute approximate surface area is 108 Å². The van der Waals surface area contributed by atoms with Gasteiger partial charge < -0.3 is 19.5 Å². The van der Waals surface area contributed by atoms with Gasteiger partial charge in [0.05, 0.1) is 13.7 Å². The average Bonchev–Trinajstić information content (AvgIpc) is 2.38. The molecule has 1 N–H and O–H groups in total. The zero-order chi connectivity index (χ0) is 11.2. The van der Waals surface area contributed by atoms with Crippen LogP contribution < -0.4 is 14.8 Å². The molecule has 1 saturated heterocycles. The summed E-state index contributed by atoms with van der Waals surface area (Å²) in [4.78, 5) is 0. The van der Waals surface area contributed by atoms with Crippen LogP contribution in [0.4, 0.5) is 0 Å². The smallest absolute Gasteiger partial charge is 0.119 e. The molecule has 0 unspecified atom stereocenters. The summed E-state index contributed by atoms with van der Waals surface area (Å²) in [6.45, 7) is 3.13. The largest absolute Gasteiger partial charge is 0.497 e. The summed E-state index contributed by atoms with van der Waals surface area (Å²) in [5.74, 6) is 1.68. The van der Waals surface area contributed by atoms with Crippen LogP contribution in [0.5, 0.6) is 11.5 Å². The summed E-state index contributed by atoms with van der Waals surface area (Å²) in [6, 6.07) is 7.56. The Morgan fingerprint density at radius 2 is 2.00 bits per heavy atom. The lowest BCUT2D eigenvalue weighted by molar-refractivity contribution is 0.000188. The van der Waals surface area contributed by atoms with Gasteiger partial charge in [-0.15, -0.1) is 12.4 Å². The van der Waals surface area contributed by atoms with Gasteiger partial charge in [-0.05, 0) is 24.3 Å². The van der Waals surface area contributed by atoms with Crippen molar-refractivity contribution in [1.82, 2.24) is 5.32 Å². The van der Waals surface area contributed by atoms with Gasteiger partial charge >= 0.3 is 0 Å². The van der Waals surface area contributed by atoms with Gasteiger partial charge in [-0.3, -0.25) is 0 Å². The Bertz CT molecular complexity index is 312. The fourth-order valence-corrected chi connectivity index (χ4v) is 1.59. The van der Waals surface area contributed by atoms with E-state index in [1.165, 1.54) is 0 Å². The van der Waals surface area contributed by atoms with Gasteiger partial charge in [-0.25, -0.2) is 0 Å². The Balaban J connectivity index is 0.00000144. The van der Waals surface area contributed by atoms with Crippen LogP contribution in [0, 0.1) is 0 Å². The van der Waals surface area contributed by atoms with E-state index in [4.69, 9.17) is 14.2 Å². The molecule has 17 heavy (non-hydrogen) atoms. The van der Waals surface area contributed by atoms with Gasteiger partial charge in [0.2, 0.25) is 0 Å². The van der Waals surface area contributed by atoms with Crippen LogP contribution in [0.3, 0.4) is 0 Å². The summed E-state index contributed by atoms with van der Waals surface area (Å²) < 4.78 is 16.2. The van der Waals surface area contributed by atoms with Crippen LogP contribution in [0.1, 0.15) is 0 Å². The van der Waals surface area contributed by atoms with Crippen molar-refractivity contribution in [3.8, 4) is 11.5 Å². The van der Waals surface area contributed by atoms with E-state index in [1.807, 2.05) is 24.3 Å². The van der Waals surface area contributed by atoms with Gasteiger partial charge in [0.1, 0.15) is 24.2 Å². The molecule has 0 radical (unpaired) electrons. The fourth-order valence-electron chi connectivity index (χ4n) is 1.59. The second kappa shape index (κ2) is 7.37. The molecule has 0 bridgehead atoms. The summed E-state index contributed by atoms with van der Waals surface area (Å²) >= 11 is 0. The number of methoxy groups -OCH3 is 1. The van der Waals surface area contributed by atoms with Crippen LogP contribution in [0.15, 0.2) is 24.3 Å². The maximum Gasteiger partial charge on any atom is 0.119 e. The lowest BCUT2D eigenvalue weighted by Crippen LogP contribution is -2.41. The first kappa shape index (κ1) is 14.1.